The first-order valence-corrected chi connectivity index (χ1v) is 5.97. The summed E-state index contributed by atoms with van der Waals surface area (Å²) in [4.78, 5) is 20.6. The van der Waals surface area contributed by atoms with Crippen molar-refractivity contribution >= 4 is 11.9 Å². The van der Waals surface area contributed by atoms with Crippen molar-refractivity contribution in [2.45, 2.75) is 0 Å². The number of hydrogen-bond donors (Lipinski definition) is 6. The van der Waals surface area contributed by atoms with Gasteiger partial charge in [0.1, 0.15) is 23.0 Å². The van der Waals surface area contributed by atoms with E-state index in [1.54, 1.807) is 0 Å². The van der Waals surface area contributed by atoms with Crippen LogP contribution in [0.4, 0.5) is 0 Å². The molecule has 0 radical (unpaired) electrons. The van der Waals surface area contributed by atoms with Gasteiger partial charge >= 0.3 is 71.1 Å². The van der Waals surface area contributed by atoms with E-state index in [1.165, 1.54) is 0 Å². The zero-order valence-electron chi connectivity index (χ0n) is 13.6. The summed E-state index contributed by atoms with van der Waals surface area (Å²) in [5.74, 6) is -7.67. The molecule has 128 valence electrons. The molecule has 0 fully saturated rings. The summed E-state index contributed by atoms with van der Waals surface area (Å²) in [5.41, 5.74) is -0.658. The first kappa shape index (κ1) is 26.4. The van der Waals surface area contributed by atoms with E-state index in [1.807, 2.05) is 0 Å². The van der Waals surface area contributed by atoms with Crippen molar-refractivity contribution in [1.82, 2.24) is 0 Å². The number of carbonyl (C=O) groups is 2. The van der Waals surface area contributed by atoms with Gasteiger partial charge in [-0.3, -0.25) is 0 Å². The molecule has 2 rings (SSSR count). The van der Waals surface area contributed by atoms with Crippen LogP contribution >= 0.6 is 0 Å². The Morgan fingerprint density at radius 1 is 0.615 bits per heavy atom. The molecule has 0 saturated carbocycles. The minimum absolute atomic E-state index is 0. The molecular weight excluding hydrogens is 374 g/mol. The smallest absolute Gasteiger partial charge is 0.867 e. The van der Waals surface area contributed by atoms with Gasteiger partial charge in [0.25, 0.3) is 0 Å². The van der Waals surface area contributed by atoms with Gasteiger partial charge in [-0.25, -0.2) is 9.59 Å². The van der Waals surface area contributed by atoms with E-state index in [0.29, 0.717) is 0 Å². The predicted molar refractivity (Wildman–Crippen MR) is 72.4 cm³/mol. The first-order chi connectivity index (χ1) is 11.0. The van der Waals surface area contributed by atoms with E-state index in [-0.39, 0.29) is 70.2 Å². The number of carboxylic acids is 2. The van der Waals surface area contributed by atoms with E-state index < -0.39 is 46.4 Å². The van der Waals surface area contributed by atoms with Crippen LogP contribution in [0.5, 0.6) is 34.5 Å². The number of hydrogen-bond acceptors (Lipinski definition) is 8. The van der Waals surface area contributed by atoms with Gasteiger partial charge in [-0.05, 0) is 35.8 Å². The van der Waals surface area contributed by atoms with Crippen molar-refractivity contribution in [2.24, 2.45) is 0 Å². The number of carboxylic acid groups (broad SMARTS) is 2. The average Bonchev–Trinajstić information content (AvgIpc) is 2.49. The van der Waals surface area contributed by atoms with Crippen molar-refractivity contribution in [3.63, 3.8) is 0 Å². The van der Waals surface area contributed by atoms with Crippen molar-refractivity contribution < 1.29 is 110 Å². The fourth-order valence-electron chi connectivity index (χ4n) is 1.44. The Balaban J connectivity index is 0. The third-order valence-electron chi connectivity index (χ3n) is 2.59. The zero-order valence-corrected chi connectivity index (χ0v) is 17.6. The van der Waals surface area contributed by atoms with Crippen LogP contribution in [0.1, 0.15) is 20.7 Å². The maximum Gasteiger partial charge on any atom is 1.00 e. The summed E-state index contributed by atoms with van der Waals surface area (Å²) >= 11 is 0. The number of phenolic OH excluding ortho intramolecular Hbond substituents is 4. The number of phenols is 4. The molecule has 0 aliphatic heterocycles. The minimum atomic E-state index is -1.32. The second-order valence-electron chi connectivity index (χ2n) is 4.30. The SMILES string of the molecule is O=C(O)c1cc(O)c([O-])c(O)c1.O=C(O)c1cc(O)c([O-])c(O)c1.[Na+].[Na+]. The maximum atomic E-state index is 10.7. The number of aromatic hydroxyl groups is 4. The molecule has 26 heavy (non-hydrogen) atoms. The number of rotatable bonds is 2. The molecule has 6 N–H and O–H groups in total. The van der Waals surface area contributed by atoms with Crippen molar-refractivity contribution in [1.29, 1.82) is 0 Å². The summed E-state index contributed by atoms with van der Waals surface area (Å²) in [6, 6.07) is 3.13. The minimum Gasteiger partial charge on any atom is -0.867 e. The van der Waals surface area contributed by atoms with Gasteiger partial charge in [0.05, 0.1) is 11.1 Å². The van der Waals surface area contributed by atoms with E-state index >= 15 is 0 Å². The normalized spacial score (nSPS) is 8.92. The second-order valence-corrected chi connectivity index (χ2v) is 4.30. The number of benzene rings is 2. The van der Waals surface area contributed by atoms with E-state index in [2.05, 4.69) is 0 Å². The molecule has 12 heteroatoms. The molecule has 0 bridgehead atoms. The summed E-state index contributed by atoms with van der Waals surface area (Å²) in [7, 11) is 0. The molecule has 0 unspecified atom stereocenters. The number of aromatic carboxylic acids is 2. The molecule has 0 aromatic heterocycles. The first-order valence-electron chi connectivity index (χ1n) is 5.97. The van der Waals surface area contributed by atoms with Crippen LogP contribution in [-0.4, -0.2) is 42.6 Å². The van der Waals surface area contributed by atoms with Crippen LogP contribution in [0.3, 0.4) is 0 Å². The van der Waals surface area contributed by atoms with Crippen LogP contribution in [0.2, 0.25) is 0 Å². The topological polar surface area (TPSA) is 202 Å². The molecule has 2 aromatic carbocycles. The standard InChI is InChI=1S/2C7H6O5.2Na/c2*8-4-1-3(7(11)12)2-5(9)6(4)10;;/h2*1-2,8-10H,(H,11,12);;/q;;2*+1/p-2. The molecule has 0 aliphatic carbocycles. The summed E-state index contributed by atoms with van der Waals surface area (Å²) in [5, 5.41) is 73.3. The van der Waals surface area contributed by atoms with Crippen LogP contribution < -0.4 is 69.3 Å². The molecule has 0 amide bonds. The van der Waals surface area contributed by atoms with Crippen LogP contribution in [-0.2, 0) is 0 Å². The van der Waals surface area contributed by atoms with E-state index in [0.717, 1.165) is 24.3 Å². The molecular formula is C14H10Na2O10. The summed E-state index contributed by atoms with van der Waals surface area (Å²) in [6.07, 6.45) is 0. The van der Waals surface area contributed by atoms with E-state index in [9.17, 15) is 19.8 Å². The molecule has 0 aliphatic rings. The van der Waals surface area contributed by atoms with Gasteiger partial charge in [-0.2, -0.15) is 0 Å². The Labute approximate surface area is 190 Å². The van der Waals surface area contributed by atoms with Crippen molar-refractivity contribution in [2.75, 3.05) is 0 Å². The molecule has 0 spiro atoms. The van der Waals surface area contributed by atoms with Gasteiger partial charge in [-0.15, -0.1) is 0 Å². The molecule has 0 heterocycles. The fourth-order valence-corrected chi connectivity index (χ4v) is 1.44. The molecule has 0 atom stereocenters. The van der Waals surface area contributed by atoms with Crippen LogP contribution in [0.25, 0.3) is 0 Å². The maximum absolute atomic E-state index is 10.7. The third-order valence-corrected chi connectivity index (χ3v) is 2.59. The Hall–Kier alpha value is -1.82. The van der Waals surface area contributed by atoms with Gasteiger partial charge in [0.15, 0.2) is 0 Å². The Kier molecular flexibility index (Phi) is 11.2. The average molecular weight is 384 g/mol. The van der Waals surface area contributed by atoms with Crippen LogP contribution in [0.15, 0.2) is 24.3 Å². The van der Waals surface area contributed by atoms with Crippen molar-refractivity contribution in [3.05, 3.63) is 35.4 Å². The summed E-state index contributed by atoms with van der Waals surface area (Å²) in [6.45, 7) is 0. The fraction of sp³-hybridized carbons (Fsp3) is 0. The quantitative estimate of drug-likeness (QED) is 0.270. The second kappa shape index (κ2) is 11.0. The molecule has 2 aromatic rings. The molecule has 0 saturated heterocycles. The van der Waals surface area contributed by atoms with Gasteiger partial charge < -0.3 is 40.9 Å². The van der Waals surface area contributed by atoms with E-state index in [4.69, 9.17) is 30.6 Å². The Morgan fingerprint density at radius 2 is 0.808 bits per heavy atom. The van der Waals surface area contributed by atoms with Gasteiger partial charge in [0, 0.05) is 0 Å². The van der Waals surface area contributed by atoms with Crippen LogP contribution in [0, 0.1) is 0 Å². The Morgan fingerprint density at radius 3 is 0.962 bits per heavy atom. The monoisotopic (exact) mass is 384 g/mol. The largest absolute Gasteiger partial charge is 1.00 e. The van der Waals surface area contributed by atoms with Gasteiger partial charge in [-0.1, -0.05) is 0 Å². The zero-order chi connectivity index (χ0) is 18.6. The third kappa shape index (κ3) is 6.83. The Bertz CT molecular complexity index is 693. The van der Waals surface area contributed by atoms with Crippen molar-refractivity contribution in [3.8, 4) is 34.5 Å². The predicted octanol–water partition coefficient (Wildman–Crippen LogP) is -6.25. The molecule has 10 nitrogen and oxygen atoms in total. The van der Waals surface area contributed by atoms with Gasteiger partial charge in [0.2, 0.25) is 0 Å². The summed E-state index contributed by atoms with van der Waals surface area (Å²) < 4.78 is 0.